The first kappa shape index (κ1) is 20.0. The fourth-order valence-electron chi connectivity index (χ4n) is 3.30. The van der Waals surface area contributed by atoms with Gasteiger partial charge in [-0.3, -0.25) is 14.5 Å². The molecule has 0 saturated heterocycles. The predicted octanol–water partition coefficient (Wildman–Crippen LogP) is 5.29. The Morgan fingerprint density at radius 1 is 0.800 bits per heavy atom. The van der Waals surface area contributed by atoms with E-state index in [1.165, 1.54) is 16.7 Å². The van der Waals surface area contributed by atoms with Crippen LogP contribution in [0.3, 0.4) is 0 Å². The highest BCUT2D eigenvalue weighted by atomic mass is 32.2. The molecule has 0 aromatic heterocycles. The third kappa shape index (κ3) is 4.02. The SMILES string of the molecule is Cc1cccc(NC2=C(Sc3ccccc3)C(=O)N(Cc3ccccc3)C2=O)c1C. The topological polar surface area (TPSA) is 49.4 Å². The first-order valence-electron chi connectivity index (χ1n) is 9.75. The molecule has 4 rings (SSSR count). The molecule has 0 aliphatic carbocycles. The molecule has 0 bridgehead atoms. The van der Waals surface area contributed by atoms with E-state index in [-0.39, 0.29) is 18.4 Å². The van der Waals surface area contributed by atoms with Crippen molar-refractivity contribution in [1.82, 2.24) is 4.90 Å². The second-order valence-electron chi connectivity index (χ2n) is 7.17. The van der Waals surface area contributed by atoms with Gasteiger partial charge in [0.15, 0.2) is 0 Å². The lowest BCUT2D eigenvalue weighted by atomic mass is 10.1. The van der Waals surface area contributed by atoms with Crippen LogP contribution in [0.15, 0.2) is 94.4 Å². The molecule has 3 aromatic carbocycles. The minimum absolute atomic E-state index is 0.245. The average Bonchev–Trinajstić information content (AvgIpc) is 2.97. The van der Waals surface area contributed by atoms with E-state index < -0.39 is 0 Å². The van der Waals surface area contributed by atoms with E-state index in [2.05, 4.69) is 5.32 Å². The number of carbonyl (C=O) groups is 2. The summed E-state index contributed by atoms with van der Waals surface area (Å²) in [5.74, 6) is -0.575. The highest BCUT2D eigenvalue weighted by Crippen LogP contribution is 2.36. The second-order valence-corrected chi connectivity index (χ2v) is 8.26. The first-order chi connectivity index (χ1) is 14.5. The fourth-order valence-corrected chi connectivity index (χ4v) is 4.26. The normalized spacial score (nSPS) is 13.9. The van der Waals surface area contributed by atoms with Gasteiger partial charge in [-0.1, -0.05) is 72.4 Å². The zero-order valence-electron chi connectivity index (χ0n) is 16.9. The molecule has 0 unspecified atom stereocenters. The number of thioether (sulfide) groups is 1. The van der Waals surface area contributed by atoms with Gasteiger partial charge in [-0.15, -0.1) is 0 Å². The Balaban J connectivity index is 1.71. The maximum Gasteiger partial charge on any atom is 0.278 e. The molecule has 1 aliphatic rings. The summed E-state index contributed by atoms with van der Waals surface area (Å²) >= 11 is 1.32. The van der Waals surface area contributed by atoms with Gasteiger partial charge in [0, 0.05) is 10.6 Å². The number of nitrogens with one attached hydrogen (secondary N) is 1. The Hall–Kier alpha value is -3.31. The molecule has 5 heteroatoms. The number of benzene rings is 3. The lowest BCUT2D eigenvalue weighted by Crippen LogP contribution is -2.32. The molecule has 0 fully saturated rings. The molecule has 0 radical (unpaired) electrons. The minimum atomic E-state index is -0.303. The van der Waals surface area contributed by atoms with Crippen LogP contribution < -0.4 is 5.32 Å². The van der Waals surface area contributed by atoms with E-state index in [1.54, 1.807) is 0 Å². The van der Waals surface area contributed by atoms with E-state index in [1.807, 2.05) is 92.7 Å². The van der Waals surface area contributed by atoms with Gasteiger partial charge < -0.3 is 5.32 Å². The molecule has 1 N–H and O–H groups in total. The smallest absolute Gasteiger partial charge is 0.278 e. The number of hydrogen-bond donors (Lipinski definition) is 1. The van der Waals surface area contributed by atoms with Crippen molar-refractivity contribution in [2.75, 3.05) is 5.32 Å². The quantitative estimate of drug-likeness (QED) is 0.557. The van der Waals surface area contributed by atoms with Crippen molar-refractivity contribution < 1.29 is 9.59 Å². The van der Waals surface area contributed by atoms with Gasteiger partial charge >= 0.3 is 0 Å². The van der Waals surface area contributed by atoms with Crippen molar-refractivity contribution >= 4 is 29.3 Å². The molecule has 30 heavy (non-hydrogen) atoms. The Morgan fingerprint density at radius 2 is 1.47 bits per heavy atom. The number of imide groups is 1. The molecular formula is C25H22N2O2S. The Bertz CT molecular complexity index is 1120. The summed E-state index contributed by atoms with van der Waals surface area (Å²) in [6.07, 6.45) is 0. The lowest BCUT2D eigenvalue weighted by molar-refractivity contribution is -0.137. The number of carbonyl (C=O) groups excluding carboxylic acids is 2. The second kappa shape index (κ2) is 8.59. The molecule has 0 atom stereocenters. The maximum atomic E-state index is 13.3. The predicted molar refractivity (Wildman–Crippen MR) is 121 cm³/mol. The largest absolute Gasteiger partial charge is 0.350 e. The number of aryl methyl sites for hydroxylation is 1. The molecule has 2 amide bonds. The van der Waals surface area contributed by atoms with Crippen molar-refractivity contribution in [3.05, 3.63) is 106 Å². The van der Waals surface area contributed by atoms with E-state index in [4.69, 9.17) is 0 Å². The van der Waals surface area contributed by atoms with Crippen molar-refractivity contribution in [3.8, 4) is 0 Å². The van der Waals surface area contributed by atoms with Crippen LogP contribution in [-0.2, 0) is 16.1 Å². The molecule has 3 aromatic rings. The fraction of sp³-hybridized carbons (Fsp3) is 0.120. The summed E-state index contributed by atoms with van der Waals surface area (Å²) in [4.78, 5) is 29.2. The third-order valence-electron chi connectivity index (χ3n) is 5.14. The van der Waals surface area contributed by atoms with E-state index in [9.17, 15) is 9.59 Å². The zero-order chi connectivity index (χ0) is 21.1. The van der Waals surface area contributed by atoms with Crippen LogP contribution in [0.2, 0.25) is 0 Å². The van der Waals surface area contributed by atoms with E-state index in [0.29, 0.717) is 10.6 Å². The highest BCUT2D eigenvalue weighted by molar-refractivity contribution is 8.04. The van der Waals surface area contributed by atoms with Gasteiger partial charge in [-0.2, -0.15) is 0 Å². The number of amides is 2. The van der Waals surface area contributed by atoms with Crippen LogP contribution in [-0.4, -0.2) is 16.7 Å². The third-order valence-corrected chi connectivity index (χ3v) is 6.23. The highest BCUT2D eigenvalue weighted by Gasteiger charge is 2.39. The Morgan fingerprint density at radius 3 is 2.17 bits per heavy atom. The van der Waals surface area contributed by atoms with Gasteiger partial charge in [0.1, 0.15) is 10.6 Å². The van der Waals surface area contributed by atoms with Crippen molar-refractivity contribution in [1.29, 1.82) is 0 Å². The molecular weight excluding hydrogens is 392 g/mol. The maximum absolute atomic E-state index is 13.3. The van der Waals surface area contributed by atoms with Crippen LogP contribution in [0.4, 0.5) is 5.69 Å². The van der Waals surface area contributed by atoms with Crippen LogP contribution in [0.25, 0.3) is 0 Å². The zero-order valence-corrected chi connectivity index (χ0v) is 17.7. The molecule has 0 saturated carbocycles. The van der Waals surface area contributed by atoms with Crippen LogP contribution in [0, 0.1) is 13.8 Å². The van der Waals surface area contributed by atoms with E-state index in [0.717, 1.165) is 27.3 Å². The summed E-state index contributed by atoms with van der Waals surface area (Å²) in [6.45, 7) is 4.28. The van der Waals surface area contributed by atoms with Crippen molar-refractivity contribution in [2.24, 2.45) is 0 Å². The molecule has 4 nitrogen and oxygen atoms in total. The number of nitrogens with zero attached hydrogens (tertiary/aromatic N) is 1. The molecule has 1 aliphatic heterocycles. The Labute approximate surface area is 180 Å². The lowest BCUT2D eigenvalue weighted by Gasteiger charge is -2.16. The van der Waals surface area contributed by atoms with Crippen LogP contribution >= 0.6 is 11.8 Å². The molecule has 0 spiro atoms. The van der Waals surface area contributed by atoms with Gasteiger partial charge in [0.2, 0.25) is 0 Å². The van der Waals surface area contributed by atoms with Gasteiger partial charge in [0.05, 0.1) is 6.54 Å². The monoisotopic (exact) mass is 414 g/mol. The number of anilines is 1. The summed E-state index contributed by atoms with van der Waals surface area (Å²) in [5.41, 5.74) is 4.25. The average molecular weight is 415 g/mol. The number of rotatable bonds is 6. The van der Waals surface area contributed by atoms with Crippen molar-refractivity contribution in [3.63, 3.8) is 0 Å². The Kier molecular flexibility index (Phi) is 5.72. The van der Waals surface area contributed by atoms with Gasteiger partial charge in [0.25, 0.3) is 11.8 Å². The first-order valence-corrected chi connectivity index (χ1v) is 10.6. The molecule has 1 heterocycles. The molecule has 150 valence electrons. The van der Waals surface area contributed by atoms with Crippen LogP contribution in [0.1, 0.15) is 16.7 Å². The van der Waals surface area contributed by atoms with E-state index >= 15 is 0 Å². The van der Waals surface area contributed by atoms with Crippen molar-refractivity contribution in [2.45, 2.75) is 25.3 Å². The van der Waals surface area contributed by atoms with Gasteiger partial charge in [-0.25, -0.2) is 0 Å². The minimum Gasteiger partial charge on any atom is -0.350 e. The number of hydrogen-bond acceptors (Lipinski definition) is 4. The standard InChI is InChI=1S/C25H22N2O2S/c1-17-10-9-15-21(18(17)2)26-22-23(30-20-13-7-4-8-14-20)25(29)27(24(22)28)16-19-11-5-3-6-12-19/h3-15,26H,16H2,1-2H3. The summed E-state index contributed by atoms with van der Waals surface area (Å²) < 4.78 is 0. The van der Waals surface area contributed by atoms with Gasteiger partial charge in [-0.05, 0) is 48.7 Å². The summed E-state index contributed by atoms with van der Waals surface area (Å²) in [7, 11) is 0. The summed E-state index contributed by atoms with van der Waals surface area (Å²) in [5, 5.41) is 3.26. The van der Waals surface area contributed by atoms with Crippen LogP contribution in [0.5, 0.6) is 0 Å². The summed E-state index contributed by atoms with van der Waals surface area (Å²) in [6, 6.07) is 25.1.